The molecule has 120 valence electrons. The van der Waals surface area contributed by atoms with Gasteiger partial charge in [-0.1, -0.05) is 12.1 Å². The maximum Gasteiger partial charge on any atom is 0.228 e. The maximum absolute atomic E-state index is 13.1. The van der Waals surface area contributed by atoms with E-state index in [1.807, 2.05) is 0 Å². The normalized spacial score (nSPS) is 10.1. The molecule has 5 nitrogen and oxygen atoms in total. The third kappa shape index (κ3) is 5.78. The topological polar surface area (TPSA) is 81.4 Å². The van der Waals surface area contributed by atoms with Gasteiger partial charge in [0, 0.05) is 5.69 Å². The summed E-state index contributed by atoms with van der Waals surface area (Å²) in [5.41, 5.74) is 6.23. The van der Waals surface area contributed by atoms with E-state index in [9.17, 15) is 14.0 Å². The molecule has 6 heteroatoms. The average molecular weight is 316 g/mol. The quantitative estimate of drug-likeness (QED) is 0.822. The summed E-state index contributed by atoms with van der Waals surface area (Å²) in [4.78, 5) is 22.5. The molecule has 2 rings (SSSR count). The number of anilines is 1. The highest BCUT2D eigenvalue weighted by Gasteiger charge is 2.05. The summed E-state index contributed by atoms with van der Waals surface area (Å²) in [6.45, 7) is 0.209. The molecule has 0 saturated heterocycles. The highest BCUT2D eigenvalue weighted by atomic mass is 19.1. The molecule has 0 aliphatic rings. The molecule has 0 fully saturated rings. The van der Waals surface area contributed by atoms with Crippen LogP contribution in [-0.2, 0) is 16.0 Å². The minimum Gasteiger partial charge on any atom is -0.493 e. The number of ether oxygens (including phenoxy) is 1. The van der Waals surface area contributed by atoms with Gasteiger partial charge >= 0.3 is 0 Å². The predicted molar refractivity (Wildman–Crippen MR) is 84.5 cm³/mol. The molecular formula is C17H17FN2O3. The highest BCUT2D eigenvalue weighted by Crippen LogP contribution is 2.16. The van der Waals surface area contributed by atoms with Crippen LogP contribution in [0, 0.1) is 5.82 Å². The minimum atomic E-state index is -0.425. The number of nitrogens with two attached hydrogens (primary N) is 1. The molecule has 0 unspecified atom stereocenters. The van der Waals surface area contributed by atoms with Gasteiger partial charge in [0.1, 0.15) is 11.6 Å². The van der Waals surface area contributed by atoms with Crippen LogP contribution in [0.1, 0.15) is 12.0 Å². The zero-order chi connectivity index (χ0) is 16.7. The van der Waals surface area contributed by atoms with Crippen LogP contribution in [0.5, 0.6) is 5.75 Å². The number of carbonyl (C=O) groups excluding carboxylic acids is 2. The first-order valence-electron chi connectivity index (χ1n) is 7.08. The number of rotatable bonds is 7. The van der Waals surface area contributed by atoms with Crippen molar-refractivity contribution in [1.29, 1.82) is 0 Å². The number of benzene rings is 2. The van der Waals surface area contributed by atoms with E-state index in [1.54, 1.807) is 36.4 Å². The van der Waals surface area contributed by atoms with Crippen molar-refractivity contribution in [3.05, 3.63) is 59.9 Å². The summed E-state index contributed by atoms with van der Waals surface area (Å²) in [7, 11) is 0. The van der Waals surface area contributed by atoms with Gasteiger partial charge in [-0.15, -0.1) is 0 Å². The molecule has 0 saturated carbocycles. The Bertz CT molecular complexity index is 686. The van der Waals surface area contributed by atoms with Crippen LogP contribution in [0.2, 0.25) is 0 Å². The number of nitrogens with one attached hydrogen (secondary N) is 1. The van der Waals surface area contributed by atoms with Crippen LogP contribution in [0.25, 0.3) is 0 Å². The summed E-state index contributed by atoms with van der Waals surface area (Å²) < 4.78 is 18.4. The Labute approximate surface area is 133 Å². The van der Waals surface area contributed by atoms with Crippen molar-refractivity contribution in [2.24, 2.45) is 5.73 Å². The van der Waals surface area contributed by atoms with Crippen LogP contribution in [0.15, 0.2) is 48.5 Å². The van der Waals surface area contributed by atoms with Crippen molar-refractivity contribution in [2.75, 3.05) is 11.9 Å². The van der Waals surface area contributed by atoms with Gasteiger partial charge in [-0.2, -0.15) is 0 Å². The lowest BCUT2D eigenvalue weighted by Gasteiger charge is -2.08. The zero-order valence-electron chi connectivity index (χ0n) is 12.4. The largest absolute Gasteiger partial charge is 0.493 e. The van der Waals surface area contributed by atoms with E-state index in [4.69, 9.17) is 10.5 Å². The van der Waals surface area contributed by atoms with Gasteiger partial charge in [0.05, 0.1) is 19.4 Å². The van der Waals surface area contributed by atoms with E-state index in [0.29, 0.717) is 17.0 Å². The molecule has 0 bridgehead atoms. The molecule has 2 amide bonds. The van der Waals surface area contributed by atoms with Crippen molar-refractivity contribution >= 4 is 17.5 Å². The summed E-state index contributed by atoms with van der Waals surface area (Å²) in [5, 5.41) is 2.72. The van der Waals surface area contributed by atoms with E-state index in [0.717, 1.165) is 0 Å². The van der Waals surface area contributed by atoms with E-state index >= 15 is 0 Å². The fourth-order valence-electron chi connectivity index (χ4n) is 1.94. The van der Waals surface area contributed by atoms with Crippen molar-refractivity contribution in [1.82, 2.24) is 0 Å². The van der Waals surface area contributed by atoms with Crippen molar-refractivity contribution < 1.29 is 18.7 Å². The first kappa shape index (κ1) is 16.5. The molecule has 0 atom stereocenters. The van der Waals surface area contributed by atoms with Gasteiger partial charge in [-0.25, -0.2) is 4.39 Å². The second kappa shape index (κ2) is 7.93. The van der Waals surface area contributed by atoms with E-state index < -0.39 is 5.91 Å². The third-order valence-corrected chi connectivity index (χ3v) is 3.01. The molecule has 0 spiro atoms. The summed E-state index contributed by atoms with van der Waals surface area (Å²) in [6.07, 6.45) is 0.237. The second-order valence-corrected chi connectivity index (χ2v) is 4.94. The summed E-state index contributed by atoms with van der Waals surface area (Å²) >= 11 is 0. The molecule has 0 aliphatic carbocycles. The predicted octanol–water partition coefficient (Wildman–Crippen LogP) is 2.26. The van der Waals surface area contributed by atoms with Gasteiger partial charge in [0.15, 0.2) is 0 Å². The molecule has 2 aromatic rings. The number of primary amides is 1. The molecule has 3 N–H and O–H groups in total. The number of hydrogen-bond donors (Lipinski definition) is 2. The molecule has 0 aromatic heterocycles. The maximum atomic E-state index is 13.1. The van der Waals surface area contributed by atoms with Crippen LogP contribution < -0.4 is 15.8 Å². The fraction of sp³-hybridized carbons (Fsp3) is 0.176. The Hall–Kier alpha value is -2.89. The first-order valence-corrected chi connectivity index (χ1v) is 7.08. The fourth-order valence-corrected chi connectivity index (χ4v) is 1.94. The summed E-state index contributed by atoms with van der Waals surface area (Å²) in [5.74, 6) is -0.452. The smallest absolute Gasteiger partial charge is 0.228 e. The third-order valence-electron chi connectivity index (χ3n) is 3.01. The standard InChI is InChI=1S/C17H17FN2O3/c18-13-3-1-2-12(10-13)11-17(22)20-14-4-6-15(7-5-14)23-9-8-16(19)21/h1-7,10H,8-9,11H2,(H2,19,21)(H,20,22). The van der Waals surface area contributed by atoms with E-state index in [1.165, 1.54) is 12.1 Å². The first-order chi connectivity index (χ1) is 11.0. The van der Waals surface area contributed by atoms with Gasteiger partial charge in [0.25, 0.3) is 0 Å². The summed E-state index contributed by atoms with van der Waals surface area (Å²) in [6, 6.07) is 12.6. The lowest BCUT2D eigenvalue weighted by molar-refractivity contribution is -0.118. The number of carbonyl (C=O) groups is 2. The molecule has 23 heavy (non-hydrogen) atoms. The van der Waals surface area contributed by atoms with Crippen molar-refractivity contribution in [2.45, 2.75) is 12.8 Å². The Morgan fingerprint density at radius 3 is 2.52 bits per heavy atom. The number of amides is 2. The SMILES string of the molecule is NC(=O)CCOc1ccc(NC(=O)Cc2cccc(F)c2)cc1. The van der Waals surface area contributed by atoms with E-state index in [2.05, 4.69) is 5.32 Å². The van der Waals surface area contributed by atoms with Gasteiger partial charge in [-0.3, -0.25) is 9.59 Å². The lowest BCUT2D eigenvalue weighted by Crippen LogP contribution is -2.15. The second-order valence-electron chi connectivity index (χ2n) is 4.94. The zero-order valence-corrected chi connectivity index (χ0v) is 12.4. The molecule has 0 radical (unpaired) electrons. The van der Waals surface area contributed by atoms with Gasteiger partial charge < -0.3 is 15.8 Å². The van der Waals surface area contributed by atoms with Gasteiger partial charge in [0.2, 0.25) is 11.8 Å². The van der Waals surface area contributed by atoms with E-state index in [-0.39, 0.29) is 31.2 Å². The minimum absolute atomic E-state index is 0.0919. The number of hydrogen-bond acceptors (Lipinski definition) is 3. The van der Waals surface area contributed by atoms with Crippen molar-refractivity contribution in [3.8, 4) is 5.75 Å². The number of halogens is 1. The molecule has 0 heterocycles. The van der Waals surface area contributed by atoms with Gasteiger partial charge in [-0.05, 0) is 42.0 Å². The monoisotopic (exact) mass is 316 g/mol. The van der Waals surface area contributed by atoms with Crippen LogP contribution in [0.3, 0.4) is 0 Å². The average Bonchev–Trinajstić information content (AvgIpc) is 2.48. The Balaban J connectivity index is 1.85. The Kier molecular flexibility index (Phi) is 5.68. The molecule has 0 aliphatic heterocycles. The van der Waals surface area contributed by atoms with Crippen LogP contribution in [-0.4, -0.2) is 18.4 Å². The lowest BCUT2D eigenvalue weighted by atomic mass is 10.1. The van der Waals surface area contributed by atoms with Crippen LogP contribution >= 0.6 is 0 Å². The highest BCUT2D eigenvalue weighted by molar-refractivity contribution is 5.92. The van der Waals surface area contributed by atoms with Crippen LogP contribution in [0.4, 0.5) is 10.1 Å². The Morgan fingerprint density at radius 1 is 1.13 bits per heavy atom. The van der Waals surface area contributed by atoms with Crippen molar-refractivity contribution in [3.63, 3.8) is 0 Å². The molecular weight excluding hydrogens is 299 g/mol. The Morgan fingerprint density at radius 2 is 1.87 bits per heavy atom. The molecule has 2 aromatic carbocycles.